The number of carboxylic acids is 1. The first-order chi connectivity index (χ1) is 16.5. The summed E-state index contributed by atoms with van der Waals surface area (Å²) in [6.07, 6.45) is -2.71. The average Bonchev–Trinajstić information content (AvgIpc) is 2.80. The van der Waals surface area contributed by atoms with Gasteiger partial charge in [0, 0.05) is 35.1 Å². The molecule has 1 aromatic heterocycles. The lowest BCUT2D eigenvalue weighted by molar-refractivity contribution is -0.137. The van der Waals surface area contributed by atoms with E-state index in [2.05, 4.69) is 10.3 Å². The molecule has 0 saturated heterocycles. The number of nitrogens with one attached hydrogen (secondary N) is 2. The zero-order chi connectivity index (χ0) is 25.8. The van der Waals surface area contributed by atoms with E-state index in [0.29, 0.717) is 23.2 Å². The molecule has 3 aromatic rings. The molecule has 12 heteroatoms. The molecule has 0 saturated carbocycles. The van der Waals surface area contributed by atoms with E-state index < -0.39 is 17.7 Å². The summed E-state index contributed by atoms with van der Waals surface area (Å²) in [5, 5.41) is 19.9. The number of hydrogen-bond donors (Lipinski definition) is 3. The summed E-state index contributed by atoms with van der Waals surface area (Å²) in [5.74, 6) is -1.08. The van der Waals surface area contributed by atoms with Crippen LogP contribution in [0.5, 0.6) is 0 Å². The molecule has 6 nitrogen and oxygen atoms in total. The highest BCUT2D eigenvalue weighted by atomic mass is 35.5. The molecule has 0 aliphatic heterocycles. The molecule has 0 spiro atoms. The van der Waals surface area contributed by atoms with Crippen molar-refractivity contribution < 1.29 is 23.1 Å². The largest absolute Gasteiger partial charge is 0.478 e. The highest BCUT2D eigenvalue weighted by molar-refractivity contribution is 8.00. The maximum Gasteiger partial charge on any atom is 0.417 e. The normalized spacial score (nSPS) is 11.3. The number of benzene rings is 2. The molecule has 3 N–H and O–H groups in total. The number of nitrogens with zero attached hydrogens (tertiary/aromatic N) is 2. The van der Waals surface area contributed by atoms with E-state index in [-0.39, 0.29) is 28.0 Å². The molecule has 0 atom stereocenters. The zero-order valence-electron chi connectivity index (χ0n) is 18.2. The number of hydrogen-bond acceptors (Lipinski definition) is 6. The van der Waals surface area contributed by atoms with Crippen LogP contribution in [0, 0.1) is 5.41 Å². The van der Waals surface area contributed by atoms with Gasteiger partial charge in [-0.05, 0) is 60.8 Å². The first-order valence-electron chi connectivity index (χ1n) is 10.1. The van der Waals surface area contributed by atoms with Gasteiger partial charge < -0.3 is 15.8 Å². The molecule has 0 amide bonds. The Hall–Kier alpha value is -2.95. The second-order valence-corrected chi connectivity index (χ2v) is 9.08. The lowest BCUT2D eigenvalue weighted by Gasteiger charge is -2.25. The topological polar surface area (TPSA) is 89.3 Å². The minimum atomic E-state index is -4.61. The minimum Gasteiger partial charge on any atom is -0.478 e. The third kappa shape index (κ3) is 6.59. The summed E-state index contributed by atoms with van der Waals surface area (Å²) >= 11 is 13.6. The smallest absolute Gasteiger partial charge is 0.417 e. The van der Waals surface area contributed by atoms with Crippen molar-refractivity contribution in [3.8, 4) is 0 Å². The van der Waals surface area contributed by atoms with E-state index in [0.717, 1.165) is 29.3 Å². The molecular weight excluding hydrogens is 524 g/mol. The van der Waals surface area contributed by atoms with Crippen LogP contribution in [0.25, 0.3) is 0 Å². The highest BCUT2D eigenvalue weighted by Gasteiger charge is 2.32. The van der Waals surface area contributed by atoms with E-state index in [4.69, 9.17) is 28.6 Å². The van der Waals surface area contributed by atoms with Crippen LogP contribution in [0.2, 0.25) is 10.0 Å². The van der Waals surface area contributed by atoms with E-state index in [9.17, 15) is 23.1 Å². The Kier molecular flexibility index (Phi) is 8.52. The Morgan fingerprint density at radius 1 is 1.20 bits per heavy atom. The summed E-state index contributed by atoms with van der Waals surface area (Å²) in [6, 6.07) is 10.3. The quantitative estimate of drug-likeness (QED) is 0.195. The van der Waals surface area contributed by atoms with Crippen molar-refractivity contribution in [3.05, 3.63) is 81.0 Å². The van der Waals surface area contributed by atoms with Crippen LogP contribution in [0.15, 0.2) is 53.6 Å². The van der Waals surface area contributed by atoms with Gasteiger partial charge in [-0.3, -0.25) is 4.31 Å². The Balaban J connectivity index is 2.03. The fourth-order valence-electron chi connectivity index (χ4n) is 3.09. The van der Waals surface area contributed by atoms with E-state index in [1.165, 1.54) is 24.4 Å². The van der Waals surface area contributed by atoms with Gasteiger partial charge in [0.15, 0.2) is 5.82 Å². The molecule has 2 aromatic carbocycles. The van der Waals surface area contributed by atoms with Crippen molar-refractivity contribution in [1.82, 2.24) is 4.98 Å². The average molecular weight is 543 g/mol. The molecule has 0 aliphatic carbocycles. The van der Waals surface area contributed by atoms with Crippen molar-refractivity contribution in [3.63, 3.8) is 0 Å². The number of halogens is 5. The Morgan fingerprint density at radius 2 is 1.94 bits per heavy atom. The molecule has 184 valence electrons. The van der Waals surface area contributed by atoms with E-state index in [1.54, 1.807) is 16.4 Å². The van der Waals surface area contributed by atoms with Gasteiger partial charge in [-0.1, -0.05) is 29.3 Å². The third-order valence-electron chi connectivity index (χ3n) is 4.74. The van der Waals surface area contributed by atoms with Gasteiger partial charge in [-0.15, -0.1) is 0 Å². The molecule has 3 rings (SSSR count). The van der Waals surface area contributed by atoms with Crippen LogP contribution >= 0.6 is 35.1 Å². The fraction of sp³-hybridized carbons (Fsp3) is 0.174. The van der Waals surface area contributed by atoms with Crippen LogP contribution in [0.4, 0.5) is 24.7 Å². The molecule has 0 unspecified atom stereocenters. The number of aromatic nitrogens is 1. The van der Waals surface area contributed by atoms with Crippen LogP contribution in [-0.2, 0) is 12.7 Å². The Bertz CT molecular complexity index is 1260. The minimum absolute atomic E-state index is 0.00812. The second-order valence-electron chi connectivity index (χ2n) is 7.20. The number of rotatable bonds is 9. The molecule has 0 fully saturated rings. The van der Waals surface area contributed by atoms with Gasteiger partial charge in [0.1, 0.15) is 0 Å². The number of aromatic carboxylic acids is 1. The maximum atomic E-state index is 13.1. The predicted octanol–water partition coefficient (Wildman–Crippen LogP) is 7.25. The van der Waals surface area contributed by atoms with Crippen molar-refractivity contribution in [1.29, 1.82) is 5.41 Å². The number of alkyl halides is 3. The molecule has 35 heavy (non-hydrogen) atoms. The fourth-order valence-corrected chi connectivity index (χ4v) is 4.65. The Morgan fingerprint density at radius 3 is 2.51 bits per heavy atom. The van der Waals surface area contributed by atoms with Gasteiger partial charge in [0.2, 0.25) is 0 Å². The molecule has 0 radical (unpaired) electrons. The SMILES string of the molecule is CCNc1ccc(CN(Sc2ccc(C(=O)O)cc2Cl)c2ncc(C(F)(F)F)cc2Cl)cc1C=N. The molecular formula is C23H19Cl2F3N4O2S. The summed E-state index contributed by atoms with van der Waals surface area (Å²) in [5.41, 5.74) is 1.13. The summed E-state index contributed by atoms with van der Waals surface area (Å²) in [7, 11) is 0. The first-order valence-corrected chi connectivity index (χ1v) is 11.6. The van der Waals surface area contributed by atoms with Crippen LogP contribution < -0.4 is 9.62 Å². The maximum absolute atomic E-state index is 13.1. The van der Waals surface area contributed by atoms with Gasteiger partial charge in [0.05, 0.1) is 27.7 Å². The van der Waals surface area contributed by atoms with Crippen LogP contribution in [0.1, 0.15) is 34.0 Å². The van der Waals surface area contributed by atoms with Gasteiger partial charge in [-0.25, -0.2) is 9.78 Å². The molecule has 0 bridgehead atoms. The van der Waals surface area contributed by atoms with Crippen molar-refractivity contribution in [2.24, 2.45) is 0 Å². The summed E-state index contributed by atoms with van der Waals surface area (Å²) in [4.78, 5) is 15.6. The van der Waals surface area contributed by atoms with Crippen LogP contribution in [0.3, 0.4) is 0 Å². The summed E-state index contributed by atoms with van der Waals surface area (Å²) < 4.78 is 40.9. The number of carboxylic acid groups (broad SMARTS) is 1. The van der Waals surface area contributed by atoms with Gasteiger partial charge in [0.25, 0.3) is 0 Å². The van der Waals surface area contributed by atoms with Gasteiger partial charge >= 0.3 is 12.1 Å². The van der Waals surface area contributed by atoms with Gasteiger partial charge in [-0.2, -0.15) is 13.2 Å². The third-order valence-corrected chi connectivity index (χ3v) is 6.52. The van der Waals surface area contributed by atoms with E-state index >= 15 is 0 Å². The predicted molar refractivity (Wildman–Crippen MR) is 133 cm³/mol. The van der Waals surface area contributed by atoms with Crippen LogP contribution in [-0.4, -0.2) is 28.8 Å². The van der Waals surface area contributed by atoms with E-state index in [1.807, 2.05) is 13.0 Å². The second kappa shape index (κ2) is 11.2. The number of anilines is 2. The number of pyridine rings is 1. The lowest BCUT2D eigenvalue weighted by Crippen LogP contribution is -2.17. The van der Waals surface area contributed by atoms with Crippen molar-refractivity contribution in [2.75, 3.05) is 16.2 Å². The first kappa shape index (κ1) is 26.7. The summed E-state index contributed by atoms with van der Waals surface area (Å²) in [6.45, 7) is 2.74. The molecule has 1 heterocycles. The highest BCUT2D eigenvalue weighted by Crippen LogP contribution is 2.39. The van der Waals surface area contributed by atoms with Crippen molar-refractivity contribution >= 4 is 58.8 Å². The molecule has 0 aliphatic rings. The van der Waals surface area contributed by atoms with Crippen molar-refractivity contribution in [2.45, 2.75) is 24.5 Å². The Labute approximate surface area is 213 Å². The monoisotopic (exact) mass is 542 g/mol. The lowest BCUT2D eigenvalue weighted by atomic mass is 10.1. The zero-order valence-corrected chi connectivity index (χ0v) is 20.5. The number of carbonyl (C=O) groups is 1. The standard InChI is InChI=1S/C23H19Cl2F3N4O2S/c1-2-30-19-5-3-13(7-15(19)10-29)12-32(21-18(25)9-16(11-31-21)23(26,27)28)35-20-6-4-14(22(33)34)8-17(20)24/h3-11,29-30H,2,12H2,1H3,(H,33,34).